The van der Waals surface area contributed by atoms with Crippen LogP contribution < -0.4 is 0 Å². The van der Waals surface area contributed by atoms with Crippen molar-refractivity contribution in [2.24, 2.45) is 0 Å². The Morgan fingerprint density at radius 2 is 1.65 bits per heavy atom. The number of carbonyl (C=O) groups is 3. The molecule has 2 aromatic carbocycles. The molecular weight excluding hydrogens is 377 g/mol. The number of ether oxygens (including phenoxy) is 1. The van der Waals surface area contributed by atoms with Gasteiger partial charge in [-0.25, -0.2) is 4.79 Å². The van der Waals surface area contributed by atoms with Crippen molar-refractivity contribution in [2.45, 2.75) is 0 Å². The van der Waals surface area contributed by atoms with E-state index in [4.69, 9.17) is 27.9 Å². The Hall–Kier alpha value is -2.63. The fraction of sp³-hybridized carbons (Fsp3) is 0.105. The Balaban J connectivity index is 1.53. The van der Waals surface area contributed by atoms with Gasteiger partial charge in [-0.05, 0) is 35.9 Å². The van der Waals surface area contributed by atoms with Gasteiger partial charge in [-0.15, -0.1) is 0 Å². The zero-order valence-corrected chi connectivity index (χ0v) is 15.0. The maximum absolute atomic E-state index is 12.2. The Kier molecular flexibility index (Phi) is 5.40. The average Bonchev–Trinajstić information content (AvgIpc) is 2.88. The van der Waals surface area contributed by atoms with Crippen molar-refractivity contribution in [2.75, 3.05) is 13.2 Å². The third-order valence-electron chi connectivity index (χ3n) is 3.79. The molecule has 5 nitrogen and oxygen atoms in total. The molecule has 0 saturated carbocycles. The van der Waals surface area contributed by atoms with E-state index in [1.54, 1.807) is 42.5 Å². The van der Waals surface area contributed by atoms with Crippen molar-refractivity contribution in [1.29, 1.82) is 0 Å². The Bertz CT molecular complexity index is 889. The Morgan fingerprint density at radius 1 is 1.00 bits per heavy atom. The number of amides is 2. The molecule has 1 heterocycles. The lowest BCUT2D eigenvalue weighted by atomic mass is 10.1. The van der Waals surface area contributed by atoms with Gasteiger partial charge in [-0.1, -0.05) is 41.4 Å². The van der Waals surface area contributed by atoms with Crippen molar-refractivity contribution in [3.8, 4) is 0 Å². The Labute approximate surface area is 159 Å². The van der Waals surface area contributed by atoms with E-state index in [-0.39, 0.29) is 25.0 Å². The van der Waals surface area contributed by atoms with E-state index >= 15 is 0 Å². The number of hydrogen-bond acceptors (Lipinski definition) is 4. The standard InChI is InChI=1S/C19H13Cl2NO4/c20-15-7-5-12(11-16(15)21)6-8-17(23)26-10-9-22-18(24)13-3-1-2-4-14(13)19(22)25/h1-8,11H,9-10H2. The first-order valence-corrected chi connectivity index (χ1v) is 8.48. The monoisotopic (exact) mass is 389 g/mol. The van der Waals surface area contributed by atoms with Gasteiger partial charge in [-0.2, -0.15) is 0 Å². The van der Waals surface area contributed by atoms with Gasteiger partial charge in [-0.3, -0.25) is 14.5 Å². The van der Waals surface area contributed by atoms with Crippen LogP contribution in [0.1, 0.15) is 26.3 Å². The molecular formula is C19H13Cl2NO4. The van der Waals surface area contributed by atoms with Gasteiger partial charge in [0.1, 0.15) is 6.61 Å². The number of hydrogen-bond donors (Lipinski definition) is 0. The van der Waals surface area contributed by atoms with Crippen molar-refractivity contribution in [3.63, 3.8) is 0 Å². The number of imide groups is 1. The van der Waals surface area contributed by atoms with Gasteiger partial charge in [0, 0.05) is 6.08 Å². The molecule has 2 amide bonds. The van der Waals surface area contributed by atoms with Crippen LogP contribution in [0.15, 0.2) is 48.5 Å². The predicted octanol–water partition coefficient (Wildman–Crippen LogP) is 3.85. The maximum atomic E-state index is 12.2. The number of benzene rings is 2. The Morgan fingerprint density at radius 3 is 2.27 bits per heavy atom. The molecule has 0 spiro atoms. The molecule has 0 N–H and O–H groups in total. The fourth-order valence-corrected chi connectivity index (χ4v) is 2.81. The van der Waals surface area contributed by atoms with Gasteiger partial charge < -0.3 is 4.74 Å². The summed E-state index contributed by atoms with van der Waals surface area (Å²) in [5, 5.41) is 0.806. The minimum Gasteiger partial charge on any atom is -0.461 e. The highest BCUT2D eigenvalue weighted by Crippen LogP contribution is 2.23. The summed E-state index contributed by atoms with van der Waals surface area (Å²) >= 11 is 11.7. The van der Waals surface area contributed by atoms with E-state index in [2.05, 4.69) is 0 Å². The molecule has 7 heteroatoms. The van der Waals surface area contributed by atoms with Crippen molar-refractivity contribution < 1.29 is 19.1 Å². The second-order valence-corrected chi connectivity index (χ2v) is 6.30. The van der Waals surface area contributed by atoms with Crippen molar-refractivity contribution >= 4 is 47.1 Å². The summed E-state index contributed by atoms with van der Waals surface area (Å²) in [5.74, 6) is -1.35. The van der Waals surface area contributed by atoms with Crippen LogP contribution in [0, 0.1) is 0 Å². The summed E-state index contributed by atoms with van der Waals surface area (Å²) in [6.07, 6.45) is 2.77. The van der Waals surface area contributed by atoms with Crippen LogP contribution in [0.4, 0.5) is 0 Å². The highest BCUT2D eigenvalue weighted by Gasteiger charge is 2.34. The highest BCUT2D eigenvalue weighted by molar-refractivity contribution is 6.42. The lowest BCUT2D eigenvalue weighted by Gasteiger charge is -2.13. The number of rotatable bonds is 5. The van der Waals surface area contributed by atoms with E-state index in [9.17, 15) is 14.4 Å². The maximum Gasteiger partial charge on any atom is 0.330 e. The number of carbonyl (C=O) groups excluding carboxylic acids is 3. The molecule has 0 unspecified atom stereocenters. The lowest BCUT2D eigenvalue weighted by molar-refractivity contribution is -0.137. The number of esters is 1. The van der Waals surface area contributed by atoms with Crippen molar-refractivity contribution in [3.05, 3.63) is 75.3 Å². The zero-order chi connectivity index (χ0) is 18.7. The van der Waals surface area contributed by atoms with Crippen LogP contribution in [0.2, 0.25) is 10.0 Å². The molecule has 132 valence electrons. The van der Waals surface area contributed by atoms with Gasteiger partial charge in [0.25, 0.3) is 11.8 Å². The molecule has 1 aliphatic heterocycles. The third-order valence-corrected chi connectivity index (χ3v) is 4.53. The van der Waals surface area contributed by atoms with Crippen molar-refractivity contribution in [1.82, 2.24) is 4.90 Å². The summed E-state index contributed by atoms with van der Waals surface area (Å²) in [4.78, 5) is 37.2. The van der Waals surface area contributed by atoms with E-state index in [1.807, 2.05) is 0 Å². The molecule has 0 saturated heterocycles. The van der Waals surface area contributed by atoms with E-state index in [0.29, 0.717) is 26.7 Å². The molecule has 0 bridgehead atoms. The predicted molar refractivity (Wildman–Crippen MR) is 98.3 cm³/mol. The highest BCUT2D eigenvalue weighted by atomic mass is 35.5. The molecule has 0 atom stereocenters. The molecule has 2 aromatic rings. The third kappa shape index (κ3) is 3.79. The molecule has 0 radical (unpaired) electrons. The summed E-state index contributed by atoms with van der Waals surface area (Å²) in [7, 11) is 0. The van der Waals surface area contributed by atoms with Crippen LogP contribution >= 0.6 is 23.2 Å². The minimum atomic E-state index is -0.590. The van der Waals surface area contributed by atoms with Gasteiger partial charge in [0.05, 0.1) is 27.7 Å². The average molecular weight is 390 g/mol. The number of nitrogens with zero attached hydrogens (tertiary/aromatic N) is 1. The fourth-order valence-electron chi connectivity index (χ4n) is 2.51. The second kappa shape index (κ2) is 7.72. The largest absolute Gasteiger partial charge is 0.461 e. The van der Waals surface area contributed by atoms with Gasteiger partial charge in [0.15, 0.2) is 0 Å². The topological polar surface area (TPSA) is 63.7 Å². The summed E-state index contributed by atoms with van der Waals surface area (Å²) in [6, 6.07) is 11.5. The zero-order valence-electron chi connectivity index (χ0n) is 13.4. The normalized spacial score (nSPS) is 13.4. The van der Waals surface area contributed by atoms with Crippen LogP contribution in [0.3, 0.4) is 0 Å². The van der Waals surface area contributed by atoms with Crippen LogP contribution in [0.5, 0.6) is 0 Å². The number of fused-ring (bicyclic) bond motifs is 1. The molecule has 0 aromatic heterocycles. The van der Waals surface area contributed by atoms with Gasteiger partial charge >= 0.3 is 5.97 Å². The first-order chi connectivity index (χ1) is 12.5. The van der Waals surface area contributed by atoms with E-state index in [1.165, 1.54) is 12.2 Å². The van der Waals surface area contributed by atoms with Crippen LogP contribution in [0.25, 0.3) is 6.08 Å². The first kappa shape index (κ1) is 18.2. The van der Waals surface area contributed by atoms with E-state index in [0.717, 1.165) is 4.90 Å². The SMILES string of the molecule is O=C(C=Cc1ccc(Cl)c(Cl)c1)OCCN1C(=O)c2ccccc2C1=O. The smallest absolute Gasteiger partial charge is 0.330 e. The molecule has 1 aliphatic rings. The molecule has 3 rings (SSSR count). The van der Waals surface area contributed by atoms with Crippen LogP contribution in [-0.2, 0) is 9.53 Å². The number of halogens is 2. The van der Waals surface area contributed by atoms with E-state index < -0.39 is 5.97 Å². The van der Waals surface area contributed by atoms with Gasteiger partial charge in [0.2, 0.25) is 0 Å². The first-order valence-electron chi connectivity index (χ1n) is 7.72. The second-order valence-electron chi connectivity index (χ2n) is 5.48. The van der Waals surface area contributed by atoms with Crippen LogP contribution in [-0.4, -0.2) is 35.8 Å². The summed E-state index contributed by atoms with van der Waals surface area (Å²) in [5.41, 5.74) is 1.42. The summed E-state index contributed by atoms with van der Waals surface area (Å²) < 4.78 is 5.04. The molecule has 0 aliphatic carbocycles. The molecule has 26 heavy (non-hydrogen) atoms. The lowest BCUT2D eigenvalue weighted by Crippen LogP contribution is -2.33. The summed E-state index contributed by atoms with van der Waals surface area (Å²) in [6.45, 7) is -0.0886. The molecule has 0 fully saturated rings. The minimum absolute atomic E-state index is 0.00129. The quantitative estimate of drug-likeness (QED) is 0.442.